The zero-order chi connectivity index (χ0) is 26.3. The van der Waals surface area contributed by atoms with E-state index in [1.807, 2.05) is 0 Å². The standard InChI is InChI=1S/C29H34F3NO4/c30-29(31,32)28(35)37-27(34)17-14-21-12-15-25(16-13-21)36-20-23-10-8-22(9-11-23)19-33-18-4-7-26(33)24-5-2-1-3-6-24/h8-13,15-16,24,26H,1-7,14,17-20H2. The Balaban J connectivity index is 1.20. The zero-order valence-electron chi connectivity index (χ0n) is 21.0. The van der Waals surface area contributed by atoms with E-state index in [0.29, 0.717) is 12.4 Å². The van der Waals surface area contributed by atoms with E-state index < -0.39 is 18.1 Å². The third-order valence-corrected chi connectivity index (χ3v) is 7.40. The maximum absolute atomic E-state index is 12.1. The van der Waals surface area contributed by atoms with Crippen molar-refractivity contribution in [1.82, 2.24) is 4.90 Å². The number of carbonyl (C=O) groups is 2. The number of carbonyl (C=O) groups excluding carboxylic acids is 2. The summed E-state index contributed by atoms with van der Waals surface area (Å²) in [6, 6.07) is 16.3. The van der Waals surface area contributed by atoms with E-state index in [2.05, 4.69) is 33.9 Å². The highest BCUT2D eigenvalue weighted by molar-refractivity contribution is 5.88. The van der Waals surface area contributed by atoms with E-state index in [1.54, 1.807) is 24.3 Å². The van der Waals surface area contributed by atoms with Gasteiger partial charge >= 0.3 is 18.1 Å². The van der Waals surface area contributed by atoms with Crippen LogP contribution in [0, 0.1) is 5.92 Å². The maximum Gasteiger partial charge on any atom is 0.491 e. The molecule has 1 aliphatic heterocycles. The van der Waals surface area contributed by atoms with Gasteiger partial charge in [0.15, 0.2) is 0 Å². The van der Waals surface area contributed by atoms with Gasteiger partial charge in [-0.15, -0.1) is 0 Å². The van der Waals surface area contributed by atoms with Gasteiger partial charge in [0.1, 0.15) is 12.4 Å². The molecule has 0 amide bonds. The quantitative estimate of drug-likeness (QED) is 0.286. The number of likely N-dealkylation sites (tertiary alicyclic amines) is 1. The minimum absolute atomic E-state index is 0.157. The van der Waals surface area contributed by atoms with Crippen LogP contribution in [0.2, 0.25) is 0 Å². The number of nitrogens with zero attached hydrogens (tertiary/aromatic N) is 1. The molecule has 5 nitrogen and oxygen atoms in total. The van der Waals surface area contributed by atoms with Crippen LogP contribution in [0.5, 0.6) is 5.75 Å². The van der Waals surface area contributed by atoms with Crippen LogP contribution >= 0.6 is 0 Å². The monoisotopic (exact) mass is 517 g/mol. The Hall–Kier alpha value is -2.87. The summed E-state index contributed by atoms with van der Waals surface area (Å²) in [6.07, 6.45) is 4.21. The average molecular weight is 518 g/mol. The van der Waals surface area contributed by atoms with Gasteiger partial charge in [-0.3, -0.25) is 9.69 Å². The van der Waals surface area contributed by atoms with Crippen LogP contribution in [0.15, 0.2) is 48.5 Å². The number of hydrogen-bond acceptors (Lipinski definition) is 5. The van der Waals surface area contributed by atoms with Crippen LogP contribution < -0.4 is 4.74 Å². The second-order valence-electron chi connectivity index (χ2n) is 10.1. The van der Waals surface area contributed by atoms with E-state index in [9.17, 15) is 22.8 Å². The fraction of sp³-hybridized carbons (Fsp3) is 0.517. The molecule has 1 heterocycles. The molecule has 8 heteroatoms. The number of alkyl halides is 3. The van der Waals surface area contributed by atoms with Gasteiger partial charge in [-0.25, -0.2) is 4.79 Å². The van der Waals surface area contributed by atoms with Crippen LogP contribution in [0.4, 0.5) is 13.2 Å². The highest BCUT2D eigenvalue weighted by Crippen LogP contribution is 2.35. The Morgan fingerprint density at radius 1 is 0.838 bits per heavy atom. The van der Waals surface area contributed by atoms with Gasteiger partial charge in [-0.2, -0.15) is 13.2 Å². The smallest absolute Gasteiger partial charge is 0.489 e. The summed E-state index contributed by atoms with van der Waals surface area (Å²) in [5.74, 6) is -2.19. The van der Waals surface area contributed by atoms with E-state index in [-0.39, 0.29) is 12.8 Å². The fourth-order valence-corrected chi connectivity index (χ4v) is 5.45. The summed E-state index contributed by atoms with van der Waals surface area (Å²) in [7, 11) is 0. The van der Waals surface area contributed by atoms with Crippen molar-refractivity contribution in [2.24, 2.45) is 5.92 Å². The van der Waals surface area contributed by atoms with Gasteiger partial charge in [0.05, 0.1) is 6.42 Å². The van der Waals surface area contributed by atoms with Gasteiger partial charge in [-0.1, -0.05) is 55.7 Å². The molecule has 1 saturated carbocycles. The SMILES string of the molecule is O=C(CCc1ccc(OCc2ccc(CN3CCCC3C3CCCCC3)cc2)cc1)OC(=O)C(F)(F)F. The lowest BCUT2D eigenvalue weighted by Crippen LogP contribution is -2.36. The number of esters is 2. The molecule has 1 unspecified atom stereocenters. The van der Waals surface area contributed by atoms with Crippen molar-refractivity contribution in [3.63, 3.8) is 0 Å². The lowest BCUT2D eigenvalue weighted by atomic mass is 9.83. The highest BCUT2D eigenvalue weighted by Gasteiger charge is 2.42. The maximum atomic E-state index is 12.1. The van der Waals surface area contributed by atoms with Crippen molar-refractivity contribution in [3.05, 3.63) is 65.2 Å². The molecular formula is C29H34F3NO4. The summed E-state index contributed by atoms with van der Waals surface area (Å²) in [5.41, 5.74) is 3.11. The molecule has 37 heavy (non-hydrogen) atoms. The van der Waals surface area contributed by atoms with Crippen molar-refractivity contribution in [1.29, 1.82) is 0 Å². The first-order chi connectivity index (χ1) is 17.8. The second-order valence-corrected chi connectivity index (χ2v) is 10.1. The Labute approximate surface area is 215 Å². The van der Waals surface area contributed by atoms with Crippen LogP contribution in [0.1, 0.15) is 68.1 Å². The van der Waals surface area contributed by atoms with E-state index in [1.165, 1.54) is 57.1 Å². The topological polar surface area (TPSA) is 55.8 Å². The largest absolute Gasteiger partial charge is 0.491 e. The number of benzene rings is 2. The molecule has 2 fully saturated rings. The molecule has 0 radical (unpaired) electrons. The van der Waals surface area contributed by atoms with E-state index >= 15 is 0 Å². The summed E-state index contributed by atoms with van der Waals surface area (Å²) in [4.78, 5) is 24.8. The molecule has 200 valence electrons. The van der Waals surface area contributed by atoms with Crippen molar-refractivity contribution >= 4 is 11.9 Å². The third kappa shape index (κ3) is 8.06. The Bertz CT molecular complexity index is 1030. The van der Waals surface area contributed by atoms with E-state index in [4.69, 9.17) is 4.74 Å². The normalized spacial score (nSPS) is 19.1. The number of rotatable bonds is 9. The first-order valence-corrected chi connectivity index (χ1v) is 13.1. The molecule has 2 aliphatic rings. The zero-order valence-corrected chi connectivity index (χ0v) is 21.0. The number of ether oxygens (including phenoxy) is 2. The van der Waals surface area contributed by atoms with Crippen molar-refractivity contribution in [3.8, 4) is 5.75 Å². The number of hydrogen-bond donors (Lipinski definition) is 0. The van der Waals surface area contributed by atoms with Crippen molar-refractivity contribution in [2.75, 3.05) is 6.54 Å². The summed E-state index contributed by atoms with van der Waals surface area (Å²) in [6.45, 7) is 2.61. The summed E-state index contributed by atoms with van der Waals surface area (Å²) >= 11 is 0. The number of halogens is 3. The summed E-state index contributed by atoms with van der Waals surface area (Å²) < 4.78 is 46.1. The Morgan fingerprint density at radius 2 is 1.49 bits per heavy atom. The van der Waals surface area contributed by atoms with Crippen LogP contribution in [-0.4, -0.2) is 35.6 Å². The molecule has 0 aromatic heterocycles. The second kappa shape index (κ2) is 12.6. The molecule has 1 atom stereocenters. The molecule has 1 saturated heterocycles. The molecule has 0 spiro atoms. The van der Waals surface area contributed by atoms with Gasteiger partial charge in [0.2, 0.25) is 0 Å². The molecule has 2 aromatic rings. The highest BCUT2D eigenvalue weighted by atomic mass is 19.4. The van der Waals surface area contributed by atoms with Gasteiger partial charge in [-0.05, 0) is 73.4 Å². The predicted octanol–water partition coefficient (Wildman–Crippen LogP) is 6.38. The molecule has 1 aliphatic carbocycles. The minimum Gasteiger partial charge on any atom is -0.489 e. The van der Waals surface area contributed by atoms with Gasteiger partial charge in [0, 0.05) is 12.6 Å². The fourth-order valence-electron chi connectivity index (χ4n) is 5.45. The lowest BCUT2D eigenvalue weighted by molar-refractivity contribution is -0.201. The third-order valence-electron chi connectivity index (χ3n) is 7.40. The Kier molecular flexibility index (Phi) is 9.24. The predicted molar refractivity (Wildman–Crippen MR) is 133 cm³/mol. The lowest BCUT2D eigenvalue weighted by Gasteiger charge is -2.34. The van der Waals surface area contributed by atoms with Crippen LogP contribution in [0.25, 0.3) is 0 Å². The molecule has 4 rings (SSSR count). The van der Waals surface area contributed by atoms with Gasteiger partial charge in [0.25, 0.3) is 0 Å². The van der Waals surface area contributed by atoms with Crippen molar-refractivity contribution < 1.29 is 32.2 Å². The summed E-state index contributed by atoms with van der Waals surface area (Å²) in [5, 5.41) is 0. The molecule has 0 bridgehead atoms. The van der Waals surface area contributed by atoms with Crippen LogP contribution in [0.3, 0.4) is 0 Å². The minimum atomic E-state index is -5.18. The van der Waals surface area contributed by atoms with Crippen LogP contribution in [-0.2, 0) is 33.9 Å². The average Bonchev–Trinajstić information content (AvgIpc) is 3.36. The number of aryl methyl sites for hydroxylation is 1. The first-order valence-electron chi connectivity index (χ1n) is 13.1. The van der Waals surface area contributed by atoms with Gasteiger partial charge < -0.3 is 9.47 Å². The molecular weight excluding hydrogens is 483 g/mol. The van der Waals surface area contributed by atoms with E-state index in [0.717, 1.165) is 29.6 Å². The molecule has 2 aromatic carbocycles. The first kappa shape index (κ1) is 27.2. The molecule has 0 N–H and O–H groups in total. The van der Waals surface area contributed by atoms with Crippen molar-refractivity contribution in [2.45, 2.75) is 83.2 Å². The Morgan fingerprint density at radius 3 is 2.16 bits per heavy atom.